The highest BCUT2D eigenvalue weighted by molar-refractivity contribution is 4.81. The number of aliphatic hydroxyl groups excluding tert-OH is 1. The van der Waals surface area contributed by atoms with E-state index >= 15 is 0 Å². The molecule has 5 aliphatic heterocycles. The molecule has 0 spiro atoms. The third kappa shape index (κ3) is 12.5. The molecule has 184 valence electrons. The van der Waals surface area contributed by atoms with Gasteiger partial charge in [0.15, 0.2) is 0 Å². The number of rotatable bonds is 1. The zero-order chi connectivity index (χ0) is 22.3. The first-order valence-electron chi connectivity index (χ1n) is 12.0. The Kier molecular flexibility index (Phi) is 14.1. The fourth-order valence-electron chi connectivity index (χ4n) is 3.92. The Balaban J connectivity index is 0.000000147. The van der Waals surface area contributed by atoms with E-state index in [0.29, 0.717) is 36.9 Å². The van der Waals surface area contributed by atoms with Crippen molar-refractivity contribution < 1.29 is 24.1 Å². The molecule has 9 heteroatoms. The van der Waals surface area contributed by atoms with Gasteiger partial charge in [-0.1, -0.05) is 0 Å². The molecule has 0 radical (unpaired) electrons. The number of aliphatic hydroxyl groups is 1. The lowest BCUT2D eigenvalue weighted by molar-refractivity contribution is 0.0184. The summed E-state index contributed by atoms with van der Waals surface area (Å²) in [6.45, 7) is 15.5. The van der Waals surface area contributed by atoms with Gasteiger partial charge in [0.25, 0.3) is 0 Å². The smallest absolute Gasteiger partial charge is 0.0704 e. The minimum Gasteiger partial charge on any atom is -0.395 e. The van der Waals surface area contributed by atoms with E-state index in [2.05, 4.69) is 42.0 Å². The zero-order valence-electron chi connectivity index (χ0n) is 19.7. The average Bonchev–Trinajstić information content (AvgIpc) is 3.13. The molecule has 31 heavy (non-hydrogen) atoms. The Bertz CT molecular complexity index is 411. The maximum atomic E-state index is 8.55. The van der Waals surface area contributed by atoms with Crippen LogP contribution in [-0.4, -0.2) is 114 Å². The van der Waals surface area contributed by atoms with Gasteiger partial charge in [-0.15, -0.1) is 0 Å². The van der Waals surface area contributed by atoms with Gasteiger partial charge in [0.2, 0.25) is 0 Å². The van der Waals surface area contributed by atoms with Gasteiger partial charge in [-0.3, -0.25) is 0 Å². The first-order chi connectivity index (χ1) is 15.1. The van der Waals surface area contributed by atoms with E-state index in [1.54, 1.807) is 0 Å². The molecule has 5 aliphatic rings. The number of hydrogen-bond acceptors (Lipinski definition) is 9. The van der Waals surface area contributed by atoms with Gasteiger partial charge in [-0.2, -0.15) is 0 Å². The lowest BCUT2D eigenvalue weighted by Gasteiger charge is -2.25. The minimum absolute atomic E-state index is 0.170. The summed E-state index contributed by atoms with van der Waals surface area (Å²) in [6, 6.07) is 1.81. The highest BCUT2D eigenvalue weighted by Crippen LogP contribution is 2.21. The van der Waals surface area contributed by atoms with E-state index in [1.165, 1.54) is 12.8 Å². The van der Waals surface area contributed by atoms with Crippen molar-refractivity contribution in [2.45, 2.75) is 70.0 Å². The molecule has 5 rings (SSSR count). The number of nitrogens with one attached hydrogen (secondary N) is 4. The fraction of sp³-hybridized carbons (Fsp3) is 1.00. The molecule has 0 aromatic carbocycles. The van der Waals surface area contributed by atoms with E-state index in [0.717, 1.165) is 59.2 Å². The minimum atomic E-state index is 0.170. The van der Waals surface area contributed by atoms with Gasteiger partial charge >= 0.3 is 0 Å². The molecule has 5 fully saturated rings. The van der Waals surface area contributed by atoms with Crippen LogP contribution in [0.15, 0.2) is 0 Å². The average molecular weight is 447 g/mol. The van der Waals surface area contributed by atoms with E-state index in [9.17, 15) is 0 Å². The lowest BCUT2D eigenvalue weighted by atomic mass is 10.2. The van der Waals surface area contributed by atoms with Crippen LogP contribution < -0.4 is 21.3 Å². The Morgan fingerprint density at radius 3 is 1.65 bits per heavy atom. The largest absolute Gasteiger partial charge is 0.395 e. The van der Waals surface area contributed by atoms with Crippen LogP contribution in [0.3, 0.4) is 0 Å². The molecule has 0 aromatic rings. The van der Waals surface area contributed by atoms with Gasteiger partial charge in [-0.05, 0) is 33.6 Å². The number of morpholine rings is 4. The molecule has 0 aromatic heterocycles. The van der Waals surface area contributed by atoms with Crippen molar-refractivity contribution in [2.24, 2.45) is 0 Å². The monoisotopic (exact) mass is 446 g/mol. The molecular formula is C22H46N4O5. The molecular weight excluding hydrogens is 400 g/mol. The molecule has 0 amide bonds. The van der Waals surface area contributed by atoms with Crippen molar-refractivity contribution in [3.8, 4) is 0 Å². The number of fused-ring (bicyclic) bond motifs is 2. The molecule has 5 N–H and O–H groups in total. The number of hydrogen-bond donors (Lipinski definition) is 5. The Morgan fingerprint density at radius 1 is 0.742 bits per heavy atom. The standard InChI is InChI=1S/C6H11NO.C6H13NO.C5H11NO2.C5H11NO/c1-2-6-4-7-3-5(1)8-6;1-5-3-8-4-6(2)7-5;7-3-5-4-8-2-1-6-5;1-5-4-7-3-2-6-5/h5-7H,1-4H2;5-7H,3-4H2,1-2H3;5-7H,1-4H2;5-6H,2-4H2,1H3/t;5-,6-;2*5-/m.111/s1. The van der Waals surface area contributed by atoms with Crippen LogP contribution in [-0.2, 0) is 18.9 Å². The summed E-state index contributed by atoms with van der Waals surface area (Å²) in [5, 5.41) is 21.6. The molecule has 0 aliphatic carbocycles. The maximum Gasteiger partial charge on any atom is 0.0704 e. The molecule has 5 heterocycles. The van der Waals surface area contributed by atoms with E-state index < -0.39 is 0 Å². The second-order valence-electron chi connectivity index (χ2n) is 8.96. The molecule has 6 atom stereocenters. The summed E-state index contributed by atoms with van der Waals surface area (Å²) >= 11 is 0. The lowest BCUT2D eigenvalue weighted by Crippen LogP contribution is -2.45. The maximum absolute atomic E-state index is 8.55. The van der Waals surface area contributed by atoms with Gasteiger partial charge in [0, 0.05) is 44.3 Å². The van der Waals surface area contributed by atoms with Crippen LogP contribution in [0.1, 0.15) is 33.6 Å². The van der Waals surface area contributed by atoms with Gasteiger partial charge in [0.05, 0.1) is 64.5 Å². The normalized spacial score (nSPS) is 37.2. The SMILES string of the molecule is C1CC2CNCC1O2.C[C@@H]1COCCN1.C[C@@H]1COC[C@@H](C)N1.OC[C@@H]1COCCN1. The van der Waals surface area contributed by atoms with Crippen molar-refractivity contribution in [1.29, 1.82) is 0 Å². The summed E-state index contributed by atoms with van der Waals surface area (Å²) in [5.74, 6) is 0. The fourth-order valence-corrected chi connectivity index (χ4v) is 3.92. The highest BCUT2D eigenvalue weighted by atomic mass is 16.5. The predicted molar refractivity (Wildman–Crippen MR) is 122 cm³/mol. The summed E-state index contributed by atoms with van der Waals surface area (Å²) in [6.07, 6.45) is 3.65. The highest BCUT2D eigenvalue weighted by Gasteiger charge is 2.28. The number of ether oxygens (including phenoxy) is 4. The van der Waals surface area contributed by atoms with Crippen molar-refractivity contribution in [3.05, 3.63) is 0 Å². The van der Waals surface area contributed by atoms with Crippen LogP contribution in [0.4, 0.5) is 0 Å². The molecule has 0 saturated carbocycles. The van der Waals surface area contributed by atoms with Gasteiger partial charge < -0.3 is 45.3 Å². The first-order valence-corrected chi connectivity index (χ1v) is 12.0. The summed E-state index contributed by atoms with van der Waals surface area (Å²) in [7, 11) is 0. The topological polar surface area (TPSA) is 105 Å². The Hall–Kier alpha value is -0.360. The second-order valence-corrected chi connectivity index (χ2v) is 8.96. The third-order valence-corrected chi connectivity index (χ3v) is 5.57. The quantitative estimate of drug-likeness (QED) is 0.364. The van der Waals surface area contributed by atoms with E-state index in [4.69, 9.17) is 24.1 Å². The zero-order valence-corrected chi connectivity index (χ0v) is 19.7. The molecule has 2 unspecified atom stereocenters. The van der Waals surface area contributed by atoms with Crippen molar-refractivity contribution in [3.63, 3.8) is 0 Å². The van der Waals surface area contributed by atoms with Crippen molar-refractivity contribution in [1.82, 2.24) is 21.3 Å². The Labute approximate surface area is 188 Å². The van der Waals surface area contributed by atoms with Crippen molar-refractivity contribution in [2.75, 3.05) is 72.4 Å². The predicted octanol–water partition coefficient (Wildman–Crippen LogP) is -0.518. The first kappa shape index (κ1) is 26.9. The van der Waals surface area contributed by atoms with E-state index in [-0.39, 0.29) is 12.6 Å². The summed E-state index contributed by atoms with van der Waals surface area (Å²) in [4.78, 5) is 0. The summed E-state index contributed by atoms with van der Waals surface area (Å²) in [5.41, 5.74) is 0. The van der Waals surface area contributed by atoms with Crippen LogP contribution in [0.2, 0.25) is 0 Å². The third-order valence-electron chi connectivity index (χ3n) is 5.57. The Morgan fingerprint density at radius 2 is 1.32 bits per heavy atom. The summed E-state index contributed by atoms with van der Waals surface area (Å²) < 4.78 is 20.9. The van der Waals surface area contributed by atoms with E-state index in [1.807, 2.05) is 0 Å². The van der Waals surface area contributed by atoms with Gasteiger partial charge in [-0.25, -0.2) is 0 Å². The van der Waals surface area contributed by atoms with Crippen LogP contribution in [0.5, 0.6) is 0 Å². The van der Waals surface area contributed by atoms with Crippen LogP contribution >= 0.6 is 0 Å². The van der Waals surface area contributed by atoms with Crippen molar-refractivity contribution >= 4 is 0 Å². The molecule has 9 nitrogen and oxygen atoms in total. The molecule has 2 bridgehead atoms. The van der Waals surface area contributed by atoms with Crippen LogP contribution in [0, 0.1) is 0 Å². The van der Waals surface area contributed by atoms with Gasteiger partial charge in [0.1, 0.15) is 0 Å². The van der Waals surface area contributed by atoms with Crippen LogP contribution in [0.25, 0.3) is 0 Å². The second kappa shape index (κ2) is 16.3. The molecule has 5 saturated heterocycles.